The third-order valence-corrected chi connectivity index (χ3v) is 6.04. The van der Waals surface area contributed by atoms with Crippen LogP contribution >= 0.6 is 0 Å². The van der Waals surface area contributed by atoms with E-state index in [0.29, 0.717) is 12.8 Å². The molecule has 1 aliphatic carbocycles. The number of nitrogens with one attached hydrogen (secondary N) is 1. The van der Waals surface area contributed by atoms with Crippen LogP contribution in [0.2, 0.25) is 0 Å². The van der Waals surface area contributed by atoms with Gasteiger partial charge in [-0.2, -0.15) is 0 Å². The first-order chi connectivity index (χ1) is 8.16. The maximum Gasteiger partial charge on any atom is 0.217 e. The fraction of sp³-hybridized carbons (Fsp3) is 0.538. The lowest BCUT2D eigenvalue weighted by Gasteiger charge is -2.28. The van der Waals surface area contributed by atoms with Gasteiger partial charge in [-0.05, 0) is 51.3 Å². The van der Waals surface area contributed by atoms with E-state index < -0.39 is 20.3 Å². The second-order valence-electron chi connectivity index (χ2n) is 5.69. The minimum Gasteiger partial charge on any atom is -0.212 e. The predicted molar refractivity (Wildman–Crippen MR) is 69.1 cm³/mol. The van der Waals surface area contributed by atoms with Gasteiger partial charge in [-0.1, -0.05) is 12.1 Å². The zero-order chi connectivity index (χ0) is 13.6. The molecule has 1 aromatic carbocycles. The summed E-state index contributed by atoms with van der Waals surface area (Å²) >= 11 is 0. The first-order valence-electron chi connectivity index (χ1n) is 5.96. The van der Waals surface area contributed by atoms with Crippen molar-refractivity contribution in [3.63, 3.8) is 0 Å². The Morgan fingerprint density at radius 2 is 1.72 bits per heavy atom. The smallest absolute Gasteiger partial charge is 0.212 e. The van der Waals surface area contributed by atoms with E-state index in [0.717, 1.165) is 5.56 Å². The van der Waals surface area contributed by atoms with Gasteiger partial charge in [-0.15, -0.1) is 0 Å². The molecule has 0 radical (unpaired) electrons. The second-order valence-corrected chi connectivity index (χ2v) is 7.88. The van der Waals surface area contributed by atoms with Gasteiger partial charge in [-0.3, -0.25) is 0 Å². The van der Waals surface area contributed by atoms with Gasteiger partial charge in [0.05, 0.1) is 10.3 Å². The molecular formula is C13H18FNO2S. The highest BCUT2D eigenvalue weighted by molar-refractivity contribution is 7.91. The lowest BCUT2D eigenvalue weighted by atomic mass is 9.96. The minimum atomic E-state index is -3.35. The van der Waals surface area contributed by atoms with E-state index in [-0.39, 0.29) is 5.82 Å². The summed E-state index contributed by atoms with van der Waals surface area (Å²) in [7, 11) is -3.35. The van der Waals surface area contributed by atoms with Gasteiger partial charge in [0.2, 0.25) is 10.0 Å². The van der Waals surface area contributed by atoms with Gasteiger partial charge in [0, 0.05) is 0 Å². The molecule has 0 saturated heterocycles. The number of sulfonamides is 1. The molecule has 0 bridgehead atoms. The Balaban J connectivity index is 2.24. The highest BCUT2D eigenvalue weighted by Gasteiger charge is 2.51. The summed E-state index contributed by atoms with van der Waals surface area (Å²) in [5, 5.41) is 0. The second kappa shape index (κ2) is 4.03. The van der Waals surface area contributed by atoms with Gasteiger partial charge >= 0.3 is 0 Å². The normalized spacial score (nSPS) is 18.7. The Morgan fingerprint density at radius 3 is 2.17 bits per heavy atom. The zero-order valence-corrected chi connectivity index (χ0v) is 11.6. The van der Waals surface area contributed by atoms with E-state index in [1.807, 2.05) is 0 Å². The lowest BCUT2D eigenvalue weighted by molar-refractivity contribution is 0.464. The van der Waals surface area contributed by atoms with Crippen molar-refractivity contribution in [2.75, 3.05) is 0 Å². The van der Waals surface area contributed by atoms with Crippen LogP contribution in [0, 0.1) is 5.82 Å². The molecule has 0 spiro atoms. The van der Waals surface area contributed by atoms with Gasteiger partial charge in [0.1, 0.15) is 5.82 Å². The van der Waals surface area contributed by atoms with E-state index in [9.17, 15) is 12.8 Å². The molecule has 0 unspecified atom stereocenters. The fourth-order valence-electron chi connectivity index (χ4n) is 1.83. The van der Waals surface area contributed by atoms with Crippen molar-refractivity contribution in [3.8, 4) is 0 Å². The molecule has 1 aromatic rings. The van der Waals surface area contributed by atoms with Crippen LogP contribution in [-0.4, -0.2) is 13.2 Å². The average molecular weight is 271 g/mol. The molecule has 3 nitrogen and oxygen atoms in total. The molecule has 0 aliphatic heterocycles. The van der Waals surface area contributed by atoms with Crippen LogP contribution in [0.3, 0.4) is 0 Å². The van der Waals surface area contributed by atoms with E-state index in [1.165, 1.54) is 12.1 Å². The van der Waals surface area contributed by atoms with Crippen LogP contribution < -0.4 is 4.72 Å². The third-order valence-electron chi connectivity index (χ3n) is 3.56. The van der Waals surface area contributed by atoms with Crippen LogP contribution in [0.15, 0.2) is 24.3 Å². The summed E-state index contributed by atoms with van der Waals surface area (Å²) in [5.74, 6) is -0.327. The minimum absolute atomic E-state index is 0.327. The monoisotopic (exact) mass is 271 g/mol. The summed E-state index contributed by atoms with van der Waals surface area (Å²) in [6.07, 6.45) is 1.39. The van der Waals surface area contributed by atoms with Gasteiger partial charge in [-0.25, -0.2) is 17.5 Å². The van der Waals surface area contributed by atoms with Crippen molar-refractivity contribution in [2.45, 2.75) is 43.9 Å². The lowest BCUT2D eigenvalue weighted by Crippen LogP contribution is -2.45. The number of benzene rings is 1. The molecule has 18 heavy (non-hydrogen) atoms. The standard InChI is InChI=1S/C13H18FNO2S/c1-12(2,10-4-6-11(14)7-5-10)15-18(16,17)13(3)8-9-13/h4-7,15H,8-9H2,1-3H3. The largest absolute Gasteiger partial charge is 0.217 e. The fourth-order valence-corrected chi connectivity index (χ4v) is 3.50. The maximum atomic E-state index is 12.9. The van der Waals surface area contributed by atoms with Crippen LogP contribution in [0.1, 0.15) is 39.2 Å². The molecule has 1 fully saturated rings. The Bertz CT molecular complexity index is 545. The Labute approximate surface area is 107 Å². The summed E-state index contributed by atoms with van der Waals surface area (Å²) in [6, 6.07) is 5.88. The third kappa shape index (κ3) is 2.42. The molecule has 0 aromatic heterocycles. The van der Waals surface area contributed by atoms with E-state index in [2.05, 4.69) is 4.72 Å². The summed E-state index contributed by atoms with van der Waals surface area (Å²) in [6.45, 7) is 5.31. The summed E-state index contributed by atoms with van der Waals surface area (Å²) in [5.41, 5.74) is 0.00900. The van der Waals surface area contributed by atoms with Crippen molar-refractivity contribution >= 4 is 10.0 Å². The quantitative estimate of drug-likeness (QED) is 0.914. The number of rotatable bonds is 4. The Hall–Kier alpha value is -0.940. The maximum absolute atomic E-state index is 12.9. The van der Waals surface area contributed by atoms with E-state index in [1.54, 1.807) is 32.9 Å². The topological polar surface area (TPSA) is 46.2 Å². The van der Waals surface area contributed by atoms with Crippen molar-refractivity contribution in [2.24, 2.45) is 0 Å². The molecule has 0 heterocycles. The number of halogens is 1. The van der Waals surface area contributed by atoms with Crippen molar-refractivity contribution in [1.82, 2.24) is 4.72 Å². The molecule has 2 rings (SSSR count). The van der Waals surface area contributed by atoms with Gasteiger partial charge < -0.3 is 0 Å². The molecule has 0 amide bonds. The Kier molecular flexibility index (Phi) is 3.02. The van der Waals surface area contributed by atoms with Crippen LogP contribution in [0.5, 0.6) is 0 Å². The van der Waals surface area contributed by atoms with Crippen LogP contribution in [0.4, 0.5) is 4.39 Å². The average Bonchev–Trinajstić information content (AvgIpc) is 2.97. The molecule has 1 aliphatic rings. The molecule has 100 valence electrons. The van der Waals surface area contributed by atoms with Gasteiger partial charge in [0.25, 0.3) is 0 Å². The first kappa shape index (κ1) is 13.5. The SMILES string of the molecule is CC(C)(NS(=O)(=O)C1(C)CC1)c1ccc(F)cc1. The van der Waals surface area contributed by atoms with Crippen LogP contribution in [-0.2, 0) is 15.6 Å². The molecule has 1 N–H and O–H groups in total. The predicted octanol–water partition coefficient (Wildman–Crippen LogP) is 2.53. The molecule has 5 heteroatoms. The Morgan fingerprint density at radius 1 is 1.22 bits per heavy atom. The van der Waals surface area contributed by atoms with E-state index in [4.69, 9.17) is 0 Å². The van der Waals surface area contributed by atoms with Crippen molar-refractivity contribution in [3.05, 3.63) is 35.6 Å². The molecule has 0 atom stereocenters. The molecule has 1 saturated carbocycles. The van der Waals surface area contributed by atoms with Crippen molar-refractivity contribution < 1.29 is 12.8 Å². The zero-order valence-electron chi connectivity index (χ0n) is 10.8. The summed E-state index contributed by atoms with van der Waals surface area (Å²) < 4.78 is 39.3. The number of hydrogen-bond donors (Lipinski definition) is 1. The van der Waals surface area contributed by atoms with E-state index >= 15 is 0 Å². The highest BCUT2D eigenvalue weighted by Crippen LogP contribution is 2.43. The highest BCUT2D eigenvalue weighted by atomic mass is 32.2. The number of hydrogen-bond acceptors (Lipinski definition) is 2. The summed E-state index contributed by atoms with van der Waals surface area (Å²) in [4.78, 5) is 0. The van der Waals surface area contributed by atoms with Crippen LogP contribution in [0.25, 0.3) is 0 Å². The van der Waals surface area contributed by atoms with Crippen molar-refractivity contribution in [1.29, 1.82) is 0 Å². The first-order valence-corrected chi connectivity index (χ1v) is 7.44. The van der Waals surface area contributed by atoms with Gasteiger partial charge in [0.15, 0.2) is 0 Å². The molecular weight excluding hydrogens is 253 g/mol.